The number of carbonyl (C=O) groups is 1. The highest BCUT2D eigenvalue weighted by molar-refractivity contribution is 9.10. The van der Waals surface area contributed by atoms with Gasteiger partial charge in [-0.3, -0.25) is 4.79 Å². The molecule has 0 saturated carbocycles. The van der Waals surface area contributed by atoms with E-state index in [9.17, 15) is 9.18 Å². The van der Waals surface area contributed by atoms with Gasteiger partial charge in [-0.25, -0.2) is 4.39 Å². The van der Waals surface area contributed by atoms with Gasteiger partial charge < -0.3 is 4.74 Å². The number of ether oxygens (including phenoxy) is 1. The molecule has 0 aliphatic carbocycles. The highest BCUT2D eigenvalue weighted by Gasteiger charge is 2.25. The fourth-order valence-corrected chi connectivity index (χ4v) is 2.96. The number of benzene rings is 2. The molecular formula is C17H14BrFO2. The van der Waals surface area contributed by atoms with Gasteiger partial charge in [0.15, 0.2) is 0 Å². The fraction of sp³-hybridized carbons (Fsp3) is 0.235. The first-order valence-electron chi connectivity index (χ1n) is 6.81. The lowest BCUT2D eigenvalue weighted by molar-refractivity contribution is -0.123. The summed E-state index contributed by atoms with van der Waals surface area (Å²) in [5.41, 5.74) is 1.88. The van der Waals surface area contributed by atoms with Crippen LogP contribution in [0.4, 0.5) is 4.39 Å². The lowest BCUT2D eigenvalue weighted by Crippen LogP contribution is -2.29. The third-order valence-electron chi connectivity index (χ3n) is 3.70. The summed E-state index contributed by atoms with van der Waals surface area (Å²) in [7, 11) is 0. The second-order valence-electron chi connectivity index (χ2n) is 5.21. The van der Waals surface area contributed by atoms with Crippen LogP contribution in [-0.2, 0) is 17.6 Å². The van der Waals surface area contributed by atoms with E-state index in [4.69, 9.17) is 4.74 Å². The lowest BCUT2D eigenvalue weighted by atomic mass is 9.90. The summed E-state index contributed by atoms with van der Waals surface area (Å²) < 4.78 is 19.2. The van der Waals surface area contributed by atoms with Crippen molar-refractivity contribution in [2.24, 2.45) is 5.92 Å². The van der Waals surface area contributed by atoms with Crippen LogP contribution in [0.2, 0.25) is 0 Å². The fourth-order valence-electron chi connectivity index (χ4n) is 2.53. The molecule has 0 amide bonds. The predicted octanol–water partition coefficient (Wildman–Crippen LogP) is 3.95. The second-order valence-corrected chi connectivity index (χ2v) is 6.07. The maximum atomic E-state index is 13.2. The average Bonchev–Trinajstić information content (AvgIpc) is 2.50. The van der Waals surface area contributed by atoms with E-state index in [1.807, 2.05) is 24.3 Å². The van der Waals surface area contributed by atoms with Gasteiger partial charge in [-0.15, -0.1) is 0 Å². The molecule has 0 saturated heterocycles. The normalized spacial score (nSPS) is 17.0. The van der Waals surface area contributed by atoms with Crippen LogP contribution < -0.4 is 4.74 Å². The molecule has 0 fully saturated rings. The standard InChI is InChI=1S/C17H14BrFO2/c18-14-7-11(5-6-15(14)19)8-16(20)13-9-12-3-1-2-4-17(12)21-10-13/h1-7,13H,8-10H2. The first kappa shape index (κ1) is 14.3. The van der Waals surface area contributed by atoms with Crippen LogP contribution >= 0.6 is 15.9 Å². The van der Waals surface area contributed by atoms with Gasteiger partial charge >= 0.3 is 0 Å². The lowest BCUT2D eigenvalue weighted by Gasteiger charge is -2.24. The molecule has 1 heterocycles. The van der Waals surface area contributed by atoms with Crippen LogP contribution in [0.5, 0.6) is 5.75 Å². The van der Waals surface area contributed by atoms with E-state index in [1.54, 1.807) is 12.1 Å². The van der Waals surface area contributed by atoms with E-state index in [2.05, 4.69) is 15.9 Å². The van der Waals surface area contributed by atoms with Crippen molar-refractivity contribution in [3.63, 3.8) is 0 Å². The first-order chi connectivity index (χ1) is 10.1. The number of Topliss-reactive ketones (excluding diaryl/α,β-unsaturated/α-hetero) is 1. The van der Waals surface area contributed by atoms with Crippen molar-refractivity contribution in [1.82, 2.24) is 0 Å². The third kappa shape index (κ3) is 3.16. The Morgan fingerprint density at radius 3 is 2.90 bits per heavy atom. The van der Waals surface area contributed by atoms with Crippen molar-refractivity contribution in [2.75, 3.05) is 6.61 Å². The van der Waals surface area contributed by atoms with Crippen molar-refractivity contribution < 1.29 is 13.9 Å². The molecule has 1 aliphatic rings. The van der Waals surface area contributed by atoms with Crippen molar-refractivity contribution in [1.29, 1.82) is 0 Å². The van der Waals surface area contributed by atoms with E-state index in [0.29, 0.717) is 23.9 Å². The van der Waals surface area contributed by atoms with Crippen LogP contribution in [0.1, 0.15) is 11.1 Å². The number of para-hydroxylation sites is 1. The van der Waals surface area contributed by atoms with Crippen molar-refractivity contribution in [3.8, 4) is 5.75 Å². The number of halogens is 2. The van der Waals surface area contributed by atoms with Gasteiger partial charge in [0, 0.05) is 6.42 Å². The smallest absolute Gasteiger partial charge is 0.144 e. The molecule has 2 nitrogen and oxygen atoms in total. The molecule has 2 aromatic rings. The summed E-state index contributed by atoms with van der Waals surface area (Å²) in [6.07, 6.45) is 1.01. The molecule has 21 heavy (non-hydrogen) atoms. The van der Waals surface area contributed by atoms with Gasteiger partial charge in [0.2, 0.25) is 0 Å². The number of hydrogen-bond acceptors (Lipinski definition) is 2. The molecule has 2 aromatic carbocycles. The summed E-state index contributed by atoms with van der Waals surface area (Å²) in [5.74, 6) is 0.541. The molecule has 4 heteroatoms. The summed E-state index contributed by atoms with van der Waals surface area (Å²) in [5, 5.41) is 0. The SMILES string of the molecule is O=C(Cc1ccc(F)c(Br)c1)C1COc2ccccc2C1. The largest absolute Gasteiger partial charge is 0.493 e. The van der Waals surface area contributed by atoms with Crippen LogP contribution in [0.3, 0.4) is 0 Å². The summed E-state index contributed by atoms with van der Waals surface area (Å²) in [6, 6.07) is 12.5. The molecule has 3 rings (SSSR count). The van der Waals surface area contributed by atoms with Gasteiger partial charge in [-0.05, 0) is 51.7 Å². The Hall–Kier alpha value is -1.68. The van der Waals surface area contributed by atoms with Crippen molar-refractivity contribution in [3.05, 3.63) is 63.9 Å². The van der Waals surface area contributed by atoms with E-state index in [-0.39, 0.29) is 17.5 Å². The zero-order valence-corrected chi connectivity index (χ0v) is 12.9. The van der Waals surface area contributed by atoms with E-state index >= 15 is 0 Å². The monoisotopic (exact) mass is 348 g/mol. The highest BCUT2D eigenvalue weighted by Crippen LogP contribution is 2.28. The maximum absolute atomic E-state index is 13.2. The second kappa shape index (κ2) is 5.98. The molecule has 0 spiro atoms. The highest BCUT2D eigenvalue weighted by atomic mass is 79.9. The number of fused-ring (bicyclic) bond motifs is 1. The molecule has 1 unspecified atom stereocenters. The molecule has 108 valence electrons. The van der Waals surface area contributed by atoms with Crippen molar-refractivity contribution >= 4 is 21.7 Å². The molecule has 1 atom stereocenters. The summed E-state index contributed by atoms with van der Waals surface area (Å²) in [4.78, 5) is 12.4. The van der Waals surface area contributed by atoms with Crippen molar-refractivity contribution in [2.45, 2.75) is 12.8 Å². The zero-order chi connectivity index (χ0) is 14.8. The van der Waals surface area contributed by atoms with Gasteiger partial charge in [0.25, 0.3) is 0 Å². The van der Waals surface area contributed by atoms with Crippen LogP contribution in [0, 0.1) is 11.7 Å². The number of carbonyl (C=O) groups excluding carboxylic acids is 1. The number of ketones is 1. The minimum atomic E-state index is -0.318. The van der Waals surface area contributed by atoms with Gasteiger partial charge in [0.1, 0.15) is 17.3 Å². The van der Waals surface area contributed by atoms with Crippen LogP contribution in [-0.4, -0.2) is 12.4 Å². The van der Waals surface area contributed by atoms with E-state index in [1.165, 1.54) is 6.07 Å². The Balaban J connectivity index is 1.70. The van der Waals surface area contributed by atoms with E-state index in [0.717, 1.165) is 16.9 Å². The van der Waals surface area contributed by atoms with Crippen LogP contribution in [0.15, 0.2) is 46.9 Å². The quantitative estimate of drug-likeness (QED) is 0.839. The Labute approximate surface area is 131 Å². The molecule has 0 bridgehead atoms. The minimum absolute atomic E-state index is 0.128. The van der Waals surface area contributed by atoms with E-state index < -0.39 is 0 Å². The number of hydrogen-bond donors (Lipinski definition) is 0. The molecule has 0 N–H and O–H groups in total. The van der Waals surface area contributed by atoms with Crippen LogP contribution in [0.25, 0.3) is 0 Å². The Morgan fingerprint density at radius 2 is 2.10 bits per heavy atom. The summed E-state index contributed by atoms with van der Waals surface area (Å²) in [6.45, 7) is 0.415. The third-order valence-corrected chi connectivity index (χ3v) is 4.30. The van der Waals surface area contributed by atoms with Gasteiger partial charge in [-0.2, -0.15) is 0 Å². The Kier molecular flexibility index (Phi) is 4.06. The van der Waals surface area contributed by atoms with Gasteiger partial charge in [0.05, 0.1) is 17.0 Å². The molecule has 0 aromatic heterocycles. The zero-order valence-electron chi connectivity index (χ0n) is 11.3. The molecule has 1 aliphatic heterocycles. The average molecular weight is 349 g/mol. The molecular weight excluding hydrogens is 335 g/mol. The summed E-state index contributed by atoms with van der Waals surface area (Å²) >= 11 is 3.14. The first-order valence-corrected chi connectivity index (χ1v) is 7.60. The van der Waals surface area contributed by atoms with Gasteiger partial charge in [-0.1, -0.05) is 24.3 Å². The predicted molar refractivity (Wildman–Crippen MR) is 81.9 cm³/mol. The Morgan fingerprint density at radius 1 is 1.29 bits per heavy atom. The number of rotatable bonds is 3. The Bertz CT molecular complexity index is 684. The minimum Gasteiger partial charge on any atom is -0.493 e. The maximum Gasteiger partial charge on any atom is 0.144 e. The topological polar surface area (TPSA) is 26.3 Å². The molecule has 0 radical (unpaired) electrons.